The Bertz CT molecular complexity index is 461. The minimum absolute atomic E-state index is 0.308. The standard InChI is InChI=1S/C11H18IN3O2/c1-3-5-15(6-4-2)7-8-9(12)10(16)14-11(17)13-8/h3-7H2,1-2H3,(H2,13,14,16,17). The second-order valence-corrected chi connectivity index (χ2v) is 5.06. The molecule has 0 aromatic carbocycles. The summed E-state index contributed by atoms with van der Waals surface area (Å²) in [7, 11) is 0. The minimum Gasteiger partial charge on any atom is -0.309 e. The molecule has 2 N–H and O–H groups in total. The van der Waals surface area contributed by atoms with Crippen LogP contribution in [-0.2, 0) is 6.54 Å². The van der Waals surface area contributed by atoms with Gasteiger partial charge in [0, 0.05) is 6.54 Å². The number of halogens is 1. The van der Waals surface area contributed by atoms with Gasteiger partial charge in [-0.2, -0.15) is 0 Å². The van der Waals surface area contributed by atoms with Crippen molar-refractivity contribution in [3.63, 3.8) is 0 Å². The molecule has 0 aliphatic rings. The zero-order valence-corrected chi connectivity index (χ0v) is 12.3. The molecule has 1 aromatic heterocycles. The van der Waals surface area contributed by atoms with Gasteiger partial charge in [-0.25, -0.2) is 4.79 Å². The van der Waals surface area contributed by atoms with Crippen LogP contribution in [0, 0.1) is 3.57 Å². The van der Waals surface area contributed by atoms with E-state index in [1.807, 2.05) is 22.6 Å². The second-order valence-electron chi connectivity index (χ2n) is 3.98. The van der Waals surface area contributed by atoms with Crippen LogP contribution in [0.1, 0.15) is 32.4 Å². The van der Waals surface area contributed by atoms with Crippen molar-refractivity contribution in [2.75, 3.05) is 13.1 Å². The van der Waals surface area contributed by atoms with Gasteiger partial charge in [-0.05, 0) is 48.5 Å². The van der Waals surface area contributed by atoms with Crippen LogP contribution in [0.15, 0.2) is 9.59 Å². The molecule has 96 valence electrons. The van der Waals surface area contributed by atoms with E-state index in [4.69, 9.17) is 0 Å². The number of aromatic amines is 2. The van der Waals surface area contributed by atoms with E-state index >= 15 is 0 Å². The molecule has 0 bridgehead atoms. The molecular formula is C11H18IN3O2. The first-order valence-corrected chi connectivity index (χ1v) is 6.89. The van der Waals surface area contributed by atoms with Crippen LogP contribution in [-0.4, -0.2) is 28.0 Å². The molecule has 0 saturated heterocycles. The van der Waals surface area contributed by atoms with Crippen LogP contribution in [0.2, 0.25) is 0 Å². The molecule has 0 amide bonds. The lowest BCUT2D eigenvalue weighted by atomic mass is 10.3. The first-order valence-electron chi connectivity index (χ1n) is 5.81. The third-order valence-corrected chi connectivity index (χ3v) is 3.56. The van der Waals surface area contributed by atoms with Crippen LogP contribution >= 0.6 is 22.6 Å². The van der Waals surface area contributed by atoms with Gasteiger partial charge < -0.3 is 4.98 Å². The van der Waals surface area contributed by atoms with Crippen molar-refractivity contribution in [2.24, 2.45) is 0 Å². The van der Waals surface area contributed by atoms with Crippen molar-refractivity contribution in [3.05, 3.63) is 30.1 Å². The number of hydrogen-bond donors (Lipinski definition) is 2. The maximum atomic E-state index is 11.5. The fourth-order valence-corrected chi connectivity index (χ4v) is 2.19. The van der Waals surface area contributed by atoms with Gasteiger partial charge in [-0.3, -0.25) is 14.7 Å². The lowest BCUT2D eigenvalue weighted by molar-refractivity contribution is 0.262. The average molecular weight is 351 g/mol. The zero-order valence-electron chi connectivity index (χ0n) is 10.2. The molecule has 5 nitrogen and oxygen atoms in total. The summed E-state index contributed by atoms with van der Waals surface area (Å²) in [6, 6.07) is 0. The van der Waals surface area contributed by atoms with Crippen molar-refractivity contribution in [2.45, 2.75) is 33.2 Å². The van der Waals surface area contributed by atoms with Crippen LogP contribution in [0.25, 0.3) is 0 Å². The van der Waals surface area contributed by atoms with Gasteiger partial charge in [-0.1, -0.05) is 13.8 Å². The van der Waals surface area contributed by atoms with Crippen LogP contribution in [0.5, 0.6) is 0 Å². The number of nitrogens with zero attached hydrogens (tertiary/aromatic N) is 1. The average Bonchev–Trinajstić information content (AvgIpc) is 2.26. The summed E-state index contributed by atoms with van der Waals surface area (Å²) in [6.45, 7) is 6.80. The Hall–Kier alpha value is -0.630. The largest absolute Gasteiger partial charge is 0.325 e. The Morgan fingerprint density at radius 2 is 1.71 bits per heavy atom. The Morgan fingerprint density at radius 1 is 1.12 bits per heavy atom. The van der Waals surface area contributed by atoms with Crippen molar-refractivity contribution in [1.29, 1.82) is 0 Å². The Labute approximate surface area is 114 Å². The lowest BCUT2D eigenvalue weighted by Gasteiger charge is -2.20. The van der Waals surface area contributed by atoms with E-state index in [1.54, 1.807) is 0 Å². The molecule has 17 heavy (non-hydrogen) atoms. The maximum absolute atomic E-state index is 11.5. The lowest BCUT2D eigenvalue weighted by Crippen LogP contribution is -2.32. The van der Waals surface area contributed by atoms with Crippen LogP contribution in [0.3, 0.4) is 0 Å². The third-order valence-electron chi connectivity index (χ3n) is 2.42. The quantitative estimate of drug-likeness (QED) is 0.759. The van der Waals surface area contributed by atoms with E-state index < -0.39 is 5.69 Å². The van der Waals surface area contributed by atoms with Gasteiger partial charge in [0.2, 0.25) is 0 Å². The van der Waals surface area contributed by atoms with E-state index in [2.05, 4.69) is 28.7 Å². The topological polar surface area (TPSA) is 69.0 Å². The summed E-state index contributed by atoms with van der Waals surface area (Å²) < 4.78 is 0.569. The predicted octanol–water partition coefficient (Wildman–Crippen LogP) is 1.29. The molecule has 0 unspecified atom stereocenters. The van der Waals surface area contributed by atoms with E-state index in [0.717, 1.165) is 25.9 Å². The number of aromatic nitrogens is 2. The molecule has 0 fully saturated rings. The first-order chi connectivity index (χ1) is 8.08. The van der Waals surface area contributed by atoms with Crippen LogP contribution in [0.4, 0.5) is 0 Å². The molecule has 0 radical (unpaired) electrons. The molecule has 1 heterocycles. The van der Waals surface area contributed by atoms with E-state index in [9.17, 15) is 9.59 Å². The molecular weight excluding hydrogens is 333 g/mol. The molecule has 0 saturated carbocycles. The van der Waals surface area contributed by atoms with E-state index in [-0.39, 0.29) is 5.56 Å². The second kappa shape index (κ2) is 6.95. The molecule has 1 aromatic rings. The molecule has 0 aliphatic heterocycles. The minimum atomic E-state index is -0.432. The maximum Gasteiger partial charge on any atom is 0.325 e. The molecule has 0 spiro atoms. The molecule has 6 heteroatoms. The van der Waals surface area contributed by atoms with Gasteiger partial charge in [0.05, 0.1) is 9.26 Å². The summed E-state index contributed by atoms with van der Waals surface area (Å²) in [5.74, 6) is 0. The Kier molecular flexibility index (Phi) is 5.90. The number of rotatable bonds is 6. The van der Waals surface area contributed by atoms with Gasteiger partial charge in [0.25, 0.3) is 5.56 Å². The summed E-state index contributed by atoms with van der Waals surface area (Å²) in [5, 5.41) is 0. The van der Waals surface area contributed by atoms with Gasteiger partial charge in [-0.15, -0.1) is 0 Å². The highest BCUT2D eigenvalue weighted by Gasteiger charge is 2.10. The summed E-state index contributed by atoms with van der Waals surface area (Å²) in [4.78, 5) is 29.9. The molecule has 0 aliphatic carbocycles. The van der Waals surface area contributed by atoms with E-state index in [0.29, 0.717) is 15.8 Å². The Balaban J connectivity index is 2.92. The number of H-pyrrole nitrogens is 2. The predicted molar refractivity (Wildman–Crippen MR) is 76.3 cm³/mol. The van der Waals surface area contributed by atoms with Gasteiger partial charge in [0.1, 0.15) is 0 Å². The number of hydrogen-bond acceptors (Lipinski definition) is 3. The van der Waals surface area contributed by atoms with Gasteiger partial charge >= 0.3 is 5.69 Å². The monoisotopic (exact) mass is 351 g/mol. The molecule has 0 atom stereocenters. The van der Waals surface area contributed by atoms with E-state index in [1.165, 1.54) is 0 Å². The highest BCUT2D eigenvalue weighted by molar-refractivity contribution is 14.1. The van der Waals surface area contributed by atoms with Gasteiger partial charge in [0.15, 0.2) is 0 Å². The fourth-order valence-electron chi connectivity index (χ4n) is 1.75. The van der Waals surface area contributed by atoms with Crippen molar-refractivity contribution in [1.82, 2.24) is 14.9 Å². The Morgan fingerprint density at radius 3 is 2.24 bits per heavy atom. The fraction of sp³-hybridized carbons (Fsp3) is 0.636. The van der Waals surface area contributed by atoms with Crippen molar-refractivity contribution in [3.8, 4) is 0 Å². The number of nitrogens with one attached hydrogen (secondary N) is 2. The highest BCUT2D eigenvalue weighted by atomic mass is 127. The van der Waals surface area contributed by atoms with Crippen LogP contribution < -0.4 is 11.2 Å². The SMILES string of the molecule is CCCN(CCC)Cc1[nH]c(=O)[nH]c(=O)c1I. The summed E-state index contributed by atoms with van der Waals surface area (Å²) in [5.41, 5.74) is -0.0306. The first kappa shape index (κ1) is 14.4. The highest BCUT2D eigenvalue weighted by Crippen LogP contribution is 2.07. The summed E-state index contributed by atoms with van der Waals surface area (Å²) >= 11 is 1.97. The summed E-state index contributed by atoms with van der Waals surface area (Å²) in [6.07, 6.45) is 2.12. The smallest absolute Gasteiger partial charge is 0.309 e. The third kappa shape index (κ3) is 4.27. The molecule has 1 rings (SSSR count). The van der Waals surface area contributed by atoms with Crippen molar-refractivity contribution >= 4 is 22.6 Å². The zero-order chi connectivity index (χ0) is 12.8. The normalized spacial score (nSPS) is 11.1. The van der Waals surface area contributed by atoms with Crippen molar-refractivity contribution < 1.29 is 0 Å².